The van der Waals surface area contributed by atoms with Crippen LogP contribution in [0.1, 0.15) is 30.3 Å². The van der Waals surface area contributed by atoms with E-state index >= 15 is 0 Å². The predicted octanol–water partition coefficient (Wildman–Crippen LogP) is 3.85. The van der Waals surface area contributed by atoms with Crippen LogP contribution < -0.4 is 0 Å². The number of hydrogen-bond donors (Lipinski definition) is 0. The fourth-order valence-electron chi connectivity index (χ4n) is 2.17. The van der Waals surface area contributed by atoms with Crippen molar-refractivity contribution in [2.24, 2.45) is 0 Å². The monoisotopic (exact) mass is 277 g/mol. The lowest BCUT2D eigenvalue weighted by molar-refractivity contribution is 0.100. The van der Waals surface area contributed by atoms with E-state index in [9.17, 15) is 4.79 Å². The lowest BCUT2D eigenvalue weighted by atomic mass is 10.3. The van der Waals surface area contributed by atoms with Crippen LogP contribution in [-0.4, -0.2) is 24.1 Å². The molecule has 0 aliphatic carbocycles. The zero-order valence-corrected chi connectivity index (χ0v) is 12.2. The van der Waals surface area contributed by atoms with Crippen molar-refractivity contribution in [2.75, 3.05) is 13.7 Å². The minimum Gasteiger partial charge on any atom is -0.385 e. The molecule has 0 N–H and O–H groups in total. The van der Waals surface area contributed by atoms with Gasteiger partial charge in [-0.15, -0.1) is 11.3 Å². The highest BCUT2D eigenvalue weighted by atomic mass is 32.1. The summed E-state index contributed by atoms with van der Waals surface area (Å²) in [5.41, 5.74) is 1.93. The quantitative estimate of drug-likeness (QED) is 0.568. The van der Waals surface area contributed by atoms with Gasteiger partial charge in [-0.3, -0.25) is 4.79 Å². The number of carbonyl (C=O) groups is 1. The van der Waals surface area contributed by atoms with Gasteiger partial charge in [0.2, 0.25) is 0 Å². The smallest absolute Gasteiger partial charge is 0.176 e. The third-order valence-electron chi connectivity index (χ3n) is 3.10. The molecule has 0 amide bonds. The Hall–Kier alpha value is -1.39. The van der Waals surface area contributed by atoms with Gasteiger partial charge in [0, 0.05) is 27.2 Å². The van der Waals surface area contributed by atoms with Crippen molar-refractivity contribution >= 4 is 17.1 Å². The summed E-state index contributed by atoms with van der Waals surface area (Å²) < 4.78 is 7.20. The predicted molar refractivity (Wildman–Crippen MR) is 78.9 cm³/mol. The molecule has 0 aromatic carbocycles. The highest BCUT2D eigenvalue weighted by Gasteiger charge is 2.13. The average Bonchev–Trinajstić information content (AvgIpc) is 3.02. The Morgan fingerprint density at radius 2 is 2.16 bits per heavy atom. The van der Waals surface area contributed by atoms with Crippen molar-refractivity contribution < 1.29 is 9.53 Å². The Bertz CT molecular complexity index is 528. The van der Waals surface area contributed by atoms with Crippen molar-refractivity contribution in [3.8, 4) is 10.6 Å². The van der Waals surface area contributed by atoms with Crippen molar-refractivity contribution in [3.05, 3.63) is 35.3 Å². The summed E-state index contributed by atoms with van der Waals surface area (Å²) in [6.07, 6.45) is 2.02. The van der Waals surface area contributed by atoms with E-state index in [4.69, 9.17) is 4.74 Å². The number of ether oxygens (including phenoxy) is 1. The van der Waals surface area contributed by atoms with Crippen molar-refractivity contribution in [3.63, 3.8) is 0 Å². The van der Waals surface area contributed by atoms with Crippen LogP contribution in [0, 0.1) is 0 Å². The molecule has 0 saturated heterocycles. The zero-order valence-electron chi connectivity index (χ0n) is 11.4. The van der Waals surface area contributed by atoms with Crippen LogP contribution in [-0.2, 0) is 11.3 Å². The van der Waals surface area contributed by atoms with Gasteiger partial charge in [0.15, 0.2) is 5.78 Å². The van der Waals surface area contributed by atoms with E-state index in [0.717, 1.165) is 37.4 Å². The standard InChI is InChI=1S/C15H19NO2S/c1-12(17)13-7-8-14(15-6-5-11-19-15)16(13)9-3-4-10-18-2/h5-8,11H,3-4,9-10H2,1-2H3. The van der Waals surface area contributed by atoms with E-state index in [1.807, 2.05) is 18.2 Å². The number of carbonyl (C=O) groups excluding carboxylic acids is 1. The minimum atomic E-state index is 0.120. The van der Waals surface area contributed by atoms with E-state index in [1.165, 1.54) is 4.88 Å². The number of aromatic nitrogens is 1. The summed E-state index contributed by atoms with van der Waals surface area (Å²) in [6, 6.07) is 8.10. The molecule has 4 heteroatoms. The molecule has 0 aliphatic rings. The highest BCUT2D eigenvalue weighted by Crippen LogP contribution is 2.27. The molecule has 0 fully saturated rings. The molecule has 102 valence electrons. The molecule has 2 heterocycles. The third-order valence-corrected chi connectivity index (χ3v) is 3.99. The SMILES string of the molecule is COCCCCn1c(C(C)=O)ccc1-c1cccs1. The lowest BCUT2D eigenvalue weighted by Crippen LogP contribution is -2.08. The molecule has 2 aromatic heterocycles. The molecular formula is C15H19NO2S. The molecule has 0 aliphatic heterocycles. The summed E-state index contributed by atoms with van der Waals surface area (Å²) in [4.78, 5) is 12.9. The molecule has 0 atom stereocenters. The molecule has 0 radical (unpaired) electrons. The summed E-state index contributed by atoms with van der Waals surface area (Å²) in [6.45, 7) is 3.25. The van der Waals surface area contributed by atoms with Crippen LogP contribution in [0.4, 0.5) is 0 Å². The minimum absolute atomic E-state index is 0.120. The topological polar surface area (TPSA) is 31.2 Å². The second-order valence-corrected chi connectivity index (χ2v) is 5.44. The van der Waals surface area contributed by atoms with E-state index in [2.05, 4.69) is 16.0 Å². The number of rotatable bonds is 7. The van der Waals surface area contributed by atoms with Gasteiger partial charge >= 0.3 is 0 Å². The molecule has 2 aromatic rings. The fraction of sp³-hybridized carbons (Fsp3) is 0.400. The van der Waals surface area contributed by atoms with E-state index < -0.39 is 0 Å². The van der Waals surface area contributed by atoms with Crippen LogP contribution in [0.5, 0.6) is 0 Å². The number of unbranched alkanes of at least 4 members (excludes halogenated alkanes) is 1. The molecule has 0 spiro atoms. The molecule has 19 heavy (non-hydrogen) atoms. The zero-order chi connectivity index (χ0) is 13.7. The number of thiophene rings is 1. The lowest BCUT2D eigenvalue weighted by Gasteiger charge is -2.11. The summed E-state index contributed by atoms with van der Waals surface area (Å²) >= 11 is 1.70. The Morgan fingerprint density at radius 1 is 1.32 bits per heavy atom. The second kappa shape index (κ2) is 6.68. The molecular weight excluding hydrogens is 258 g/mol. The maximum atomic E-state index is 11.7. The van der Waals surface area contributed by atoms with Crippen molar-refractivity contribution in [1.82, 2.24) is 4.57 Å². The third kappa shape index (κ3) is 3.33. The fourth-order valence-corrected chi connectivity index (χ4v) is 2.93. The number of methoxy groups -OCH3 is 1. The van der Waals surface area contributed by atoms with Gasteiger partial charge in [-0.2, -0.15) is 0 Å². The first kappa shape index (κ1) is 14.0. The number of nitrogens with zero attached hydrogens (tertiary/aromatic N) is 1. The Morgan fingerprint density at radius 3 is 2.79 bits per heavy atom. The first-order chi connectivity index (χ1) is 9.24. The van der Waals surface area contributed by atoms with Gasteiger partial charge in [0.25, 0.3) is 0 Å². The van der Waals surface area contributed by atoms with Crippen LogP contribution >= 0.6 is 11.3 Å². The second-order valence-electron chi connectivity index (χ2n) is 4.49. The summed E-state index contributed by atoms with van der Waals surface area (Å²) in [5, 5.41) is 2.06. The van der Waals surface area contributed by atoms with Crippen LogP contribution in [0.25, 0.3) is 10.6 Å². The number of hydrogen-bond acceptors (Lipinski definition) is 3. The molecule has 0 unspecified atom stereocenters. The van der Waals surface area contributed by atoms with E-state index in [0.29, 0.717) is 0 Å². The Balaban J connectivity index is 2.21. The van der Waals surface area contributed by atoms with Crippen LogP contribution in [0.15, 0.2) is 29.6 Å². The van der Waals surface area contributed by atoms with Gasteiger partial charge in [-0.25, -0.2) is 0 Å². The summed E-state index contributed by atoms with van der Waals surface area (Å²) in [7, 11) is 1.72. The van der Waals surface area contributed by atoms with Gasteiger partial charge in [0.05, 0.1) is 16.3 Å². The van der Waals surface area contributed by atoms with Crippen LogP contribution in [0.3, 0.4) is 0 Å². The maximum absolute atomic E-state index is 11.7. The van der Waals surface area contributed by atoms with E-state index in [-0.39, 0.29) is 5.78 Å². The largest absolute Gasteiger partial charge is 0.385 e. The van der Waals surface area contributed by atoms with Crippen LogP contribution in [0.2, 0.25) is 0 Å². The van der Waals surface area contributed by atoms with Gasteiger partial charge < -0.3 is 9.30 Å². The van der Waals surface area contributed by atoms with Crippen molar-refractivity contribution in [2.45, 2.75) is 26.3 Å². The van der Waals surface area contributed by atoms with E-state index in [1.54, 1.807) is 25.4 Å². The average molecular weight is 277 g/mol. The molecule has 0 saturated carbocycles. The molecule has 0 bridgehead atoms. The van der Waals surface area contributed by atoms with Gasteiger partial charge in [-0.1, -0.05) is 6.07 Å². The Kier molecular flexibility index (Phi) is 4.93. The number of Topliss-reactive ketones (excluding diaryl/α,β-unsaturated/α-hetero) is 1. The van der Waals surface area contributed by atoms with Gasteiger partial charge in [-0.05, 0) is 36.4 Å². The Labute approximate surface area is 117 Å². The van der Waals surface area contributed by atoms with Crippen molar-refractivity contribution in [1.29, 1.82) is 0 Å². The normalized spacial score (nSPS) is 10.8. The highest BCUT2D eigenvalue weighted by molar-refractivity contribution is 7.13. The van der Waals surface area contributed by atoms with Gasteiger partial charge in [0.1, 0.15) is 0 Å². The first-order valence-electron chi connectivity index (χ1n) is 6.47. The maximum Gasteiger partial charge on any atom is 0.176 e. The number of ketones is 1. The molecule has 3 nitrogen and oxygen atoms in total. The first-order valence-corrected chi connectivity index (χ1v) is 7.35. The molecule has 2 rings (SSSR count). The summed E-state index contributed by atoms with van der Waals surface area (Å²) in [5.74, 6) is 0.120.